The van der Waals surface area contributed by atoms with Crippen molar-refractivity contribution in [2.75, 3.05) is 0 Å². The average Bonchev–Trinajstić information content (AvgIpc) is 3.35. The number of phenolic OH excluding ortho intramolecular Hbond substituents is 2. The molecule has 0 aliphatic rings. The van der Waals surface area contributed by atoms with Crippen LogP contribution >= 0.6 is 11.3 Å². The van der Waals surface area contributed by atoms with Gasteiger partial charge in [0.1, 0.15) is 17.2 Å². The fourth-order valence-corrected chi connectivity index (χ4v) is 3.33. The highest BCUT2D eigenvalue weighted by Gasteiger charge is 2.11. The van der Waals surface area contributed by atoms with Gasteiger partial charge in [-0.3, -0.25) is 0 Å². The third kappa shape index (κ3) is 3.94. The molecule has 4 rings (SSSR count). The van der Waals surface area contributed by atoms with Crippen LogP contribution in [-0.4, -0.2) is 21.1 Å². The quantitative estimate of drug-likeness (QED) is 0.378. The van der Waals surface area contributed by atoms with E-state index in [0.29, 0.717) is 21.8 Å². The largest absolute Gasteiger partial charge is 0.504 e. The van der Waals surface area contributed by atoms with E-state index in [-0.39, 0.29) is 17.2 Å². The molecule has 6 nitrogen and oxygen atoms in total. The minimum Gasteiger partial charge on any atom is -0.504 e. The summed E-state index contributed by atoms with van der Waals surface area (Å²) in [4.78, 5) is 4.57. The van der Waals surface area contributed by atoms with Crippen LogP contribution in [-0.2, 0) is 0 Å². The van der Waals surface area contributed by atoms with Gasteiger partial charge in [-0.05, 0) is 48.0 Å². The zero-order chi connectivity index (χ0) is 20.4. The molecule has 2 heterocycles. The highest BCUT2D eigenvalue weighted by molar-refractivity contribution is 7.07. The Balaban J connectivity index is 1.83. The predicted molar refractivity (Wildman–Crippen MR) is 104 cm³/mol. The van der Waals surface area contributed by atoms with Crippen LogP contribution in [0.15, 0.2) is 74.7 Å². The van der Waals surface area contributed by atoms with Gasteiger partial charge in [0.25, 0.3) is 0 Å². The first-order valence-corrected chi connectivity index (χ1v) is 9.20. The Hall–Kier alpha value is -3.72. The summed E-state index contributed by atoms with van der Waals surface area (Å²) >= 11 is 1.20. The molecule has 9 heteroatoms. The molecule has 0 fully saturated rings. The van der Waals surface area contributed by atoms with E-state index in [2.05, 4.69) is 10.1 Å². The Morgan fingerprint density at radius 3 is 2.62 bits per heavy atom. The van der Waals surface area contributed by atoms with Crippen LogP contribution in [0.5, 0.6) is 11.5 Å². The van der Waals surface area contributed by atoms with Gasteiger partial charge in [0.15, 0.2) is 23.1 Å². The molecule has 0 unspecified atom stereocenters. The smallest absolute Gasteiger partial charge is 0.211 e. The van der Waals surface area contributed by atoms with Crippen molar-refractivity contribution in [3.63, 3.8) is 0 Å². The van der Waals surface area contributed by atoms with Gasteiger partial charge >= 0.3 is 0 Å². The highest BCUT2D eigenvalue weighted by Crippen LogP contribution is 2.25. The number of furan rings is 1. The molecule has 2 N–H and O–H groups in total. The van der Waals surface area contributed by atoms with E-state index in [4.69, 9.17) is 4.42 Å². The van der Waals surface area contributed by atoms with Crippen LogP contribution in [0.3, 0.4) is 0 Å². The SMILES string of the molecule is Oc1ccc(C=Nn2c(-c3ccco3)csc2=Nc2ccc(F)cc2F)cc1O. The van der Waals surface area contributed by atoms with Gasteiger partial charge in [0.05, 0.1) is 12.5 Å². The van der Waals surface area contributed by atoms with Gasteiger partial charge in [0.2, 0.25) is 4.80 Å². The summed E-state index contributed by atoms with van der Waals surface area (Å²) in [6.45, 7) is 0. The summed E-state index contributed by atoms with van der Waals surface area (Å²) in [5.74, 6) is -1.50. The van der Waals surface area contributed by atoms with E-state index in [1.54, 1.807) is 23.6 Å². The van der Waals surface area contributed by atoms with Crippen LogP contribution in [0.25, 0.3) is 11.5 Å². The van der Waals surface area contributed by atoms with Crippen molar-refractivity contribution in [1.82, 2.24) is 4.68 Å². The summed E-state index contributed by atoms with van der Waals surface area (Å²) in [6.07, 6.45) is 2.95. The average molecular weight is 413 g/mol. The number of benzene rings is 2. The van der Waals surface area contributed by atoms with Crippen LogP contribution in [0.1, 0.15) is 5.56 Å². The maximum Gasteiger partial charge on any atom is 0.211 e. The normalized spacial score (nSPS) is 12.1. The standard InChI is InChI=1S/C20H13F2N3O3S/c21-13-4-5-15(14(22)9-13)24-20-25(16(11-29-20)19-2-1-7-28-19)23-10-12-3-6-17(26)18(27)8-12/h1-11,26-27H. The van der Waals surface area contributed by atoms with Gasteiger partial charge in [0, 0.05) is 11.4 Å². The van der Waals surface area contributed by atoms with Crippen LogP contribution in [0.2, 0.25) is 0 Å². The lowest BCUT2D eigenvalue weighted by molar-refractivity contribution is 0.403. The Kier molecular flexibility index (Phi) is 4.96. The van der Waals surface area contributed by atoms with Gasteiger partial charge in [-0.1, -0.05) is 0 Å². The Labute approximate surface area is 167 Å². The number of halogens is 2. The maximum atomic E-state index is 14.0. The molecule has 0 aliphatic carbocycles. The van der Waals surface area contributed by atoms with E-state index in [1.807, 2.05) is 0 Å². The summed E-state index contributed by atoms with van der Waals surface area (Å²) in [5.41, 5.74) is 1.05. The van der Waals surface area contributed by atoms with Crippen molar-refractivity contribution in [2.24, 2.45) is 10.1 Å². The molecular formula is C20H13F2N3O3S. The molecule has 0 atom stereocenters. The van der Waals surface area contributed by atoms with Gasteiger partial charge < -0.3 is 14.6 Å². The van der Waals surface area contributed by atoms with Crippen molar-refractivity contribution in [3.05, 3.63) is 82.2 Å². The zero-order valence-corrected chi connectivity index (χ0v) is 15.5. The van der Waals surface area contributed by atoms with Crippen molar-refractivity contribution in [2.45, 2.75) is 0 Å². The number of hydrogen-bond acceptors (Lipinski definition) is 6. The first-order valence-electron chi connectivity index (χ1n) is 8.32. The minimum absolute atomic E-state index is 0.0366. The van der Waals surface area contributed by atoms with Gasteiger partial charge in [-0.2, -0.15) is 5.10 Å². The summed E-state index contributed by atoms with van der Waals surface area (Å²) in [5, 5.41) is 25.2. The topological polar surface area (TPSA) is 83.2 Å². The molecule has 0 saturated heterocycles. The fourth-order valence-electron chi connectivity index (χ4n) is 2.50. The van der Waals surface area contributed by atoms with E-state index in [1.165, 1.54) is 46.7 Å². The molecule has 0 bridgehead atoms. The fraction of sp³-hybridized carbons (Fsp3) is 0. The molecule has 0 aliphatic heterocycles. The molecule has 146 valence electrons. The lowest BCUT2D eigenvalue weighted by Gasteiger charge is -2.02. The molecule has 0 spiro atoms. The number of nitrogens with zero attached hydrogens (tertiary/aromatic N) is 3. The molecule has 2 aromatic carbocycles. The molecular weight excluding hydrogens is 400 g/mol. The molecule has 0 radical (unpaired) electrons. The number of thiazole rings is 1. The van der Waals surface area contributed by atoms with Gasteiger partial charge in [-0.15, -0.1) is 11.3 Å². The van der Waals surface area contributed by atoms with E-state index < -0.39 is 11.6 Å². The van der Waals surface area contributed by atoms with Crippen molar-refractivity contribution >= 4 is 23.2 Å². The molecule has 0 amide bonds. The van der Waals surface area contributed by atoms with E-state index >= 15 is 0 Å². The summed E-state index contributed by atoms with van der Waals surface area (Å²) < 4.78 is 34.1. The summed E-state index contributed by atoms with van der Waals surface area (Å²) in [6, 6.07) is 10.8. The molecule has 2 aromatic heterocycles. The van der Waals surface area contributed by atoms with Crippen molar-refractivity contribution in [1.29, 1.82) is 0 Å². The Morgan fingerprint density at radius 1 is 1.03 bits per heavy atom. The number of aromatic nitrogens is 1. The second-order valence-electron chi connectivity index (χ2n) is 5.89. The zero-order valence-electron chi connectivity index (χ0n) is 14.7. The van der Waals surface area contributed by atoms with Crippen LogP contribution < -0.4 is 4.80 Å². The lowest BCUT2D eigenvalue weighted by Crippen LogP contribution is -2.11. The number of hydrogen-bond donors (Lipinski definition) is 2. The first kappa shape index (κ1) is 18.6. The van der Waals surface area contributed by atoms with Crippen LogP contribution in [0, 0.1) is 11.6 Å². The number of aromatic hydroxyl groups is 2. The van der Waals surface area contributed by atoms with E-state index in [0.717, 1.165) is 12.1 Å². The molecule has 4 aromatic rings. The van der Waals surface area contributed by atoms with Crippen LogP contribution in [0.4, 0.5) is 14.5 Å². The third-order valence-electron chi connectivity index (χ3n) is 3.91. The highest BCUT2D eigenvalue weighted by atomic mass is 32.1. The minimum atomic E-state index is -0.795. The van der Waals surface area contributed by atoms with Crippen molar-refractivity contribution in [3.8, 4) is 23.0 Å². The lowest BCUT2D eigenvalue weighted by atomic mass is 10.2. The predicted octanol–water partition coefficient (Wildman–Crippen LogP) is 4.61. The monoisotopic (exact) mass is 413 g/mol. The maximum absolute atomic E-state index is 14.0. The van der Waals surface area contributed by atoms with Crippen molar-refractivity contribution < 1.29 is 23.4 Å². The van der Waals surface area contributed by atoms with Gasteiger partial charge in [-0.25, -0.2) is 18.4 Å². The van der Waals surface area contributed by atoms with E-state index in [9.17, 15) is 19.0 Å². The second kappa shape index (κ2) is 7.72. The third-order valence-corrected chi connectivity index (χ3v) is 4.72. The number of rotatable bonds is 4. The number of phenols is 2. The molecule has 29 heavy (non-hydrogen) atoms. The Morgan fingerprint density at radius 2 is 1.90 bits per heavy atom. The molecule has 0 saturated carbocycles. The Bertz CT molecular complexity index is 1260. The second-order valence-corrected chi connectivity index (χ2v) is 6.73. The summed E-state index contributed by atoms with van der Waals surface area (Å²) in [7, 11) is 0. The first-order chi connectivity index (χ1) is 14.0.